The summed E-state index contributed by atoms with van der Waals surface area (Å²) in [6.45, 7) is 1.66. The molecule has 5 nitrogen and oxygen atoms in total. The molecule has 1 aromatic heterocycles. The third kappa shape index (κ3) is 3.70. The zero-order valence-corrected chi connectivity index (χ0v) is 17.1. The number of nitrogens with zero attached hydrogens (tertiary/aromatic N) is 2. The zero-order chi connectivity index (χ0) is 21.2. The molecule has 31 heavy (non-hydrogen) atoms. The lowest BCUT2D eigenvalue weighted by molar-refractivity contribution is 0.0793. The lowest BCUT2D eigenvalue weighted by Crippen LogP contribution is -2.27. The van der Waals surface area contributed by atoms with Crippen LogP contribution in [0.4, 0.5) is 5.69 Å². The molecular formula is C26H23N3O2. The van der Waals surface area contributed by atoms with E-state index in [1.54, 1.807) is 0 Å². The van der Waals surface area contributed by atoms with E-state index in [4.69, 9.17) is 4.99 Å². The average molecular weight is 409 g/mol. The van der Waals surface area contributed by atoms with Gasteiger partial charge in [0.25, 0.3) is 5.91 Å². The molecule has 1 aliphatic heterocycles. The Morgan fingerprint density at radius 3 is 2.26 bits per heavy atom. The number of para-hydroxylation sites is 1. The van der Waals surface area contributed by atoms with Crippen LogP contribution in [0, 0.1) is 0 Å². The van der Waals surface area contributed by atoms with Crippen molar-refractivity contribution in [3.8, 4) is 5.88 Å². The van der Waals surface area contributed by atoms with E-state index in [-0.39, 0.29) is 11.8 Å². The minimum absolute atomic E-state index is 0.0746. The second kappa shape index (κ2) is 8.11. The number of rotatable bonds is 4. The Morgan fingerprint density at radius 1 is 0.839 bits per heavy atom. The van der Waals surface area contributed by atoms with Gasteiger partial charge in [-0.25, -0.2) is 4.99 Å². The van der Waals surface area contributed by atoms with E-state index in [9.17, 15) is 9.90 Å². The van der Waals surface area contributed by atoms with Crippen molar-refractivity contribution < 1.29 is 9.90 Å². The van der Waals surface area contributed by atoms with E-state index < -0.39 is 0 Å². The highest BCUT2D eigenvalue weighted by molar-refractivity contribution is 6.21. The number of benzene rings is 3. The molecule has 5 rings (SSSR count). The fourth-order valence-corrected chi connectivity index (χ4v) is 4.14. The topological polar surface area (TPSA) is 68.7 Å². The summed E-state index contributed by atoms with van der Waals surface area (Å²) in [5.41, 5.74) is 4.50. The number of aromatic hydroxyl groups is 1. The number of hydrogen-bond donors (Lipinski definition) is 2. The molecule has 5 heteroatoms. The van der Waals surface area contributed by atoms with Gasteiger partial charge in [-0.1, -0.05) is 48.5 Å². The summed E-state index contributed by atoms with van der Waals surface area (Å²) in [6.07, 6.45) is 2.14. The molecule has 0 aliphatic carbocycles. The van der Waals surface area contributed by atoms with Crippen LogP contribution in [0.5, 0.6) is 5.88 Å². The van der Waals surface area contributed by atoms with Gasteiger partial charge in [0.1, 0.15) is 0 Å². The van der Waals surface area contributed by atoms with Crippen LogP contribution >= 0.6 is 0 Å². The molecule has 3 aromatic carbocycles. The molecule has 154 valence electrons. The number of hydrogen-bond acceptors (Lipinski definition) is 3. The summed E-state index contributed by atoms with van der Waals surface area (Å²) >= 11 is 0. The molecular weight excluding hydrogens is 386 g/mol. The van der Waals surface area contributed by atoms with E-state index >= 15 is 0 Å². The third-order valence-corrected chi connectivity index (χ3v) is 5.72. The molecule has 0 saturated carbocycles. The standard InChI is InChI=1S/C26H23N3O2/c30-25-23(21-10-4-5-11-22(21)28-25)24(18-8-2-1-3-9-18)27-20-14-12-19(13-15-20)26(31)29-16-6-7-17-29/h1-5,8-15,28,30H,6-7,16-17H2. The van der Waals surface area contributed by atoms with Crippen molar-refractivity contribution in [3.05, 3.63) is 95.6 Å². The van der Waals surface area contributed by atoms with Crippen LogP contribution in [0.25, 0.3) is 10.9 Å². The fraction of sp³-hybridized carbons (Fsp3) is 0.154. The summed E-state index contributed by atoms with van der Waals surface area (Å²) in [5.74, 6) is 0.162. The van der Waals surface area contributed by atoms with Gasteiger partial charge < -0.3 is 15.0 Å². The number of aliphatic imine (C=N–C) groups is 1. The normalized spacial score (nSPS) is 14.3. The molecule has 0 spiro atoms. The molecule has 2 heterocycles. The summed E-state index contributed by atoms with van der Waals surface area (Å²) in [7, 11) is 0. The number of carbonyl (C=O) groups excluding carboxylic acids is 1. The minimum atomic E-state index is 0.0746. The van der Waals surface area contributed by atoms with Crippen molar-refractivity contribution in [1.82, 2.24) is 9.88 Å². The second-order valence-electron chi connectivity index (χ2n) is 7.77. The van der Waals surface area contributed by atoms with Crippen molar-refractivity contribution in [2.45, 2.75) is 12.8 Å². The maximum atomic E-state index is 12.6. The van der Waals surface area contributed by atoms with Gasteiger partial charge in [-0.3, -0.25) is 4.79 Å². The summed E-state index contributed by atoms with van der Waals surface area (Å²) < 4.78 is 0. The van der Waals surface area contributed by atoms with Crippen molar-refractivity contribution in [2.24, 2.45) is 4.99 Å². The predicted molar refractivity (Wildman–Crippen MR) is 123 cm³/mol. The van der Waals surface area contributed by atoms with Gasteiger partial charge in [0, 0.05) is 35.1 Å². The van der Waals surface area contributed by atoms with Gasteiger partial charge in [-0.15, -0.1) is 0 Å². The lowest BCUT2D eigenvalue weighted by Gasteiger charge is -2.15. The number of fused-ring (bicyclic) bond motifs is 1. The van der Waals surface area contributed by atoms with Gasteiger partial charge in [0.15, 0.2) is 5.88 Å². The number of aromatic amines is 1. The van der Waals surface area contributed by atoms with E-state index in [0.29, 0.717) is 16.8 Å². The van der Waals surface area contributed by atoms with E-state index in [0.717, 1.165) is 48.1 Å². The number of aromatic nitrogens is 1. The highest BCUT2D eigenvalue weighted by Gasteiger charge is 2.20. The molecule has 0 radical (unpaired) electrons. The second-order valence-corrected chi connectivity index (χ2v) is 7.77. The van der Waals surface area contributed by atoms with Crippen LogP contribution in [-0.4, -0.2) is 39.7 Å². The van der Waals surface area contributed by atoms with Crippen LogP contribution < -0.4 is 0 Å². The van der Waals surface area contributed by atoms with Gasteiger partial charge in [0.2, 0.25) is 0 Å². The first-order valence-corrected chi connectivity index (χ1v) is 10.5. The average Bonchev–Trinajstić information content (AvgIpc) is 3.46. The van der Waals surface area contributed by atoms with Crippen LogP contribution in [0.1, 0.15) is 34.3 Å². The predicted octanol–water partition coefficient (Wildman–Crippen LogP) is 5.28. The number of H-pyrrole nitrogens is 1. The first-order valence-electron chi connectivity index (χ1n) is 10.5. The Hall–Kier alpha value is -3.86. The number of amides is 1. The van der Waals surface area contributed by atoms with Crippen molar-refractivity contribution in [1.29, 1.82) is 0 Å². The molecule has 0 atom stereocenters. The van der Waals surface area contributed by atoms with Crippen LogP contribution in [0.2, 0.25) is 0 Å². The Kier molecular flexibility index (Phi) is 5.00. The Bertz CT molecular complexity index is 1250. The summed E-state index contributed by atoms with van der Waals surface area (Å²) in [5, 5.41) is 11.6. The Balaban J connectivity index is 1.57. The van der Waals surface area contributed by atoms with Crippen molar-refractivity contribution in [2.75, 3.05) is 13.1 Å². The zero-order valence-electron chi connectivity index (χ0n) is 17.1. The van der Waals surface area contributed by atoms with Gasteiger partial charge in [-0.2, -0.15) is 0 Å². The molecule has 0 bridgehead atoms. The summed E-state index contributed by atoms with van der Waals surface area (Å²) in [6, 6.07) is 25.0. The smallest absolute Gasteiger partial charge is 0.253 e. The number of nitrogens with one attached hydrogen (secondary N) is 1. The monoisotopic (exact) mass is 409 g/mol. The largest absolute Gasteiger partial charge is 0.494 e. The lowest BCUT2D eigenvalue weighted by atomic mass is 10.0. The molecule has 0 unspecified atom stereocenters. The minimum Gasteiger partial charge on any atom is -0.494 e. The SMILES string of the molecule is O=C(c1ccc(N=C(c2ccccc2)c2c(O)[nH]c3ccccc23)cc1)N1CCCC1. The number of carbonyl (C=O) groups is 1. The van der Waals surface area contributed by atoms with Gasteiger partial charge in [-0.05, 0) is 43.2 Å². The maximum Gasteiger partial charge on any atom is 0.253 e. The van der Waals surface area contributed by atoms with E-state index in [1.165, 1.54) is 0 Å². The highest BCUT2D eigenvalue weighted by Crippen LogP contribution is 2.31. The first-order chi connectivity index (χ1) is 15.2. The first kappa shape index (κ1) is 19.1. The Morgan fingerprint density at radius 2 is 1.52 bits per heavy atom. The van der Waals surface area contributed by atoms with Crippen LogP contribution in [-0.2, 0) is 0 Å². The number of likely N-dealkylation sites (tertiary alicyclic amines) is 1. The molecule has 1 amide bonds. The molecule has 2 N–H and O–H groups in total. The highest BCUT2D eigenvalue weighted by atomic mass is 16.3. The molecule has 1 saturated heterocycles. The van der Waals surface area contributed by atoms with Crippen LogP contribution in [0.15, 0.2) is 83.9 Å². The fourth-order valence-electron chi connectivity index (χ4n) is 4.14. The van der Waals surface area contributed by atoms with Crippen molar-refractivity contribution >= 4 is 28.2 Å². The van der Waals surface area contributed by atoms with E-state index in [2.05, 4.69) is 4.98 Å². The van der Waals surface area contributed by atoms with Crippen LogP contribution in [0.3, 0.4) is 0 Å². The molecule has 4 aromatic rings. The van der Waals surface area contributed by atoms with Crippen molar-refractivity contribution in [3.63, 3.8) is 0 Å². The van der Waals surface area contributed by atoms with Gasteiger partial charge in [0.05, 0.1) is 17.0 Å². The third-order valence-electron chi connectivity index (χ3n) is 5.72. The van der Waals surface area contributed by atoms with E-state index in [1.807, 2.05) is 83.8 Å². The van der Waals surface area contributed by atoms with Gasteiger partial charge >= 0.3 is 0 Å². The molecule has 1 fully saturated rings. The maximum absolute atomic E-state index is 12.6. The Labute approximate surface area is 180 Å². The molecule has 1 aliphatic rings. The quantitative estimate of drug-likeness (QED) is 0.450. The summed E-state index contributed by atoms with van der Waals surface area (Å²) in [4.78, 5) is 22.5.